The van der Waals surface area contributed by atoms with Crippen LogP contribution in [0.4, 0.5) is 51.2 Å². The van der Waals surface area contributed by atoms with Crippen molar-refractivity contribution in [3.05, 3.63) is 308 Å². The first-order valence-corrected chi connectivity index (χ1v) is 25.4. The normalized spacial score (nSPS) is 11.5. The van der Waals surface area contributed by atoms with Crippen LogP contribution in [0.5, 0.6) is 0 Å². The summed E-state index contributed by atoms with van der Waals surface area (Å²) in [6.45, 7) is 0. The lowest BCUT2D eigenvalue weighted by Crippen LogP contribution is -2.11. The van der Waals surface area contributed by atoms with E-state index in [9.17, 15) is 0 Å². The van der Waals surface area contributed by atoms with Crippen LogP contribution in [0.1, 0.15) is 16.7 Å². The molecule has 0 unspecified atom stereocenters. The number of hydrazone groups is 3. The van der Waals surface area contributed by atoms with E-state index < -0.39 is 0 Å². The predicted molar refractivity (Wildman–Crippen MR) is 321 cm³/mol. The first-order valence-electron chi connectivity index (χ1n) is 25.4. The SMILES string of the molecule is C(=N\N(c1ccccc1)c1cccc2ccccc12)/c1ccc(N(c2ccc(/C=N/N(c3ccccc3)c3cccc4ccccc34)cc2)c2ccc(/C=N/N(c3ccccc3)c3cccc4ccccc34)cc2)cc1. The molecule has 0 atom stereocenters. The van der Waals surface area contributed by atoms with Crippen LogP contribution in [-0.2, 0) is 0 Å². The van der Waals surface area contributed by atoms with E-state index in [0.717, 1.165) is 100 Å². The topological polar surface area (TPSA) is 50.0 Å². The van der Waals surface area contributed by atoms with E-state index in [1.165, 1.54) is 0 Å². The minimum absolute atomic E-state index is 0.964. The van der Waals surface area contributed by atoms with Gasteiger partial charge in [0.25, 0.3) is 0 Å². The number of anilines is 9. The van der Waals surface area contributed by atoms with E-state index in [1.54, 1.807) is 0 Å². The third-order valence-electron chi connectivity index (χ3n) is 13.4. The monoisotopic (exact) mass is 977 g/mol. The maximum absolute atomic E-state index is 5.12. The average molecular weight is 978 g/mol. The molecule has 76 heavy (non-hydrogen) atoms. The van der Waals surface area contributed by atoms with Crippen LogP contribution in [0.2, 0.25) is 0 Å². The Labute approximate surface area is 443 Å². The Hall–Kier alpha value is -10.4. The molecule has 7 heteroatoms. The van der Waals surface area contributed by atoms with Crippen LogP contribution >= 0.6 is 0 Å². The van der Waals surface area contributed by atoms with Crippen molar-refractivity contribution in [2.45, 2.75) is 0 Å². The summed E-state index contributed by atoms with van der Waals surface area (Å²) in [6.07, 6.45) is 5.79. The number of fused-ring (bicyclic) bond motifs is 3. The number of hydrogen-bond acceptors (Lipinski definition) is 7. The van der Waals surface area contributed by atoms with Crippen molar-refractivity contribution in [2.24, 2.45) is 15.3 Å². The molecule has 0 spiro atoms. The lowest BCUT2D eigenvalue weighted by Gasteiger charge is -2.26. The second kappa shape index (κ2) is 21.8. The Kier molecular flexibility index (Phi) is 13.4. The van der Waals surface area contributed by atoms with Gasteiger partial charge < -0.3 is 4.90 Å². The zero-order valence-electron chi connectivity index (χ0n) is 41.6. The number of benzene rings is 12. The molecule has 0 aliphatic carbocycles. The Morgan fingerprint density at radius 3 is 0.750 bits per heavy atom. The standard InChI is InChI=1S/C69H51N7/c1-4-25-61(26-5-1)74(67-34-16-22-55-19-10-13-31-64(55)67)70-49-52-37-43-58(44-38-52)73(59-45-39-53(40-46-59)50-71-75(62-27-6-2-7-28-62)68-35-17-23-56-20-11-14-32-65(56)68)60-47-41-54(42-48-60)51-72-76(63-29-8-3-9-30-63)69-36-18-24-57-21-12-15-33-66(57)69/h1-51H/b70-49+,71-50+,72-51+. The van der Waals surface area contributed by atoms with Crippen LogP contribution in [0.15, 0.2) is 306 Å². The highest BCUT2D eigenvalue weighted by atomic mass is 15.5. The van der Waals surface area contributed by atoms with Crippen molar-refractivity contribution in [3.8, 4) is 0 Å². The molecule has 0 heterocycles. The molecule has 0 radical (unpaired) electrons. The second-order valence-electron chi connectivity index (χ2n) is 18.3. The molecule has 7 nitrogen and oxygen atoms in total. The van der Waals surface area contributed by atoms with Gasteiger partial charge in [0.15, 0.2) is 0 Å². The lowest BCUT2D eigenvalue weighted by atomic mass is 10.1. The first-order chi connectivity index (χ1) is 37.7. The van der Waals surface area contributed by atoms with Crippen molar-refractivity contribution < 1.29 is 0 Å². The van der Waals surface area contributed by atoms with Gasteiger partial charge in [-0.1, -0.05) is 200 Å². The summed E-state index contributed by atoms with van der Waals surface area (Å²) in [5, 5.41) is 28.3. The maximum Gasteiger partial charge on any atom is 0.0730 e. The first kappa shape index (κ1) is 46.7. The zero-order valence-corrected chi connectivity index (χ0v) is 41.6. The fourth-order valence-corrected chi connectivity index (χ4v) is 9.64. The van der Waals surface area contributed by atoms with Crippen LogP contribution in [0.25, 0.3) is 32.3 Å². The van der Waals surface area contributed by atoms with Gasteiger partial charge in [-0.25, -0.2) is 15.0 Å². The quantitative estimate of drug-likeness (QED) is 0.0759. The Bertz CT molecular complexity index is 3560. The summed E-state index contributed by atoms with van der Waals surface area (Å²) >= 11 is 0. The molecule has 12 rings (SSSR count). The van der Waals surface area contributed by atoms with Gasteiger partial charge >= 0.3 is 0 Å². The third kappa shape index (κ3) is 10.0. The van der Waals surface area contributed by atoms with Gasteiger partial charge in [0.1, 0.15) is 0 Å². The number of para-hydroxylation sites is 3. The van der Waals surface area contributed by atoms with Gasteiger partial charge in [-0.3, -0.25) is 0 Å². The van der Waals surface area contributed by atoms with E-state index in [2.05, 4.69) is 241 Å². The zero-order chi connectivity index (χ0) is 50.9. The Morgan fingerprint density at radius 1 is 0.211 bits per heavy atom. The summed E-state index contributed by atoms with van der Waals surface area (Å²) in [5.41, 5.74) is 11.8. The maximum atomic E-state index is 5.12. The predicted octanol–water partition coefficient (Wildman–Crippen LogP) is 18.1. The van der Waals surface area contributed by atoms with E-state index in [4.69, 9.17) is 15.3 Å². The molecule has 0 N–H and O–H groups in total. The molecule has 0 saturated carbocycles. The summed E-state index contributed by atoms with van der Waals surface area (Å²) < 4.78 is 0. The molecule has 12 aromatic rings. The van der Waals surface area contributed by atoms with Crippen molar-refractivity contribution in [2.75, 3.05) is 19.9 Å². The Balaban J connectivity index is 0.881. The van der Waals surface area contributed by atoms with Gasteiger partial charge in [-0.15, -0.1) is 0 Å². The van der Waals surface area contributed by atoms with Crippen molar-refractivity contribution >= 4 is 102 Å². The smallest absolute Gasteiger partial charge is 0.0730 e. The highest BCUT2D eigenvalue weighted by Gasteiger charge is 2.17. The van der Waals surface area contributed by atoms with Gasteiger partial charge in [0, 0.05) is 33.2 Å². The summed E-state index contributed by atoms with van der Waals surface area (Å²) in [5.74, 6) is 0. The summed E-state index contributed by atoms with van der Waals surface area (Å²) in [6, 6.07) is 101. The van der Waals surface area contributed by atoms with E-state index in [-0.39, 0.29) is 0 Å². The van der Waals surface area contributed by atoms with Gasteiger partial charge in [-0.2, -0.15) is 15.3 Å². The molecule has 0 aromatic heterocycles. The van der Waals surface area contributed by atoms with E-state index >= 15 is 0 Å². The fraction of sp³-hybridized carbons (Fsp3) is 0. The largest absolute Gasteiger partial charge is 0.311 e. The molecule has 0 aliphatic rings. The van der Waals surface area contributed by atoms with Gasteiger partial charge in [-0.05, 0) is 124 Å². The highest BCUT2D eigenvalue weighted by Crippen LogP contribution is 2.38. The van der Waals surface area contributed by atoms with Crippen LogP contribution in [0, 0.1) is 0 Å². The molecule has 0 bridgehead atoms. The number of nitrogens with zero attached hydrogens (tertiary/aromatic N) is 7. The molecule has 0 aliphatic heterocycles. The second-order valence-corrected chi connectivity index (χ2v) is 18.3. The molecule has 0 amide bonds. The van der Waals surface area contributed by atoms with E-state index in [1.807, 2.05) is 88.3 Å². The van der Waals surface area contributed by atoms with Crippen molar-refractivity contribution in [3.63, 3.8) is 0 Å². The van der Waals surface area contributed by atoms with Crippen molar-refractivity contribution in [1.29, 1.82) is 0 Å². The van der Waals surface area contributed by atoms with E-state index in [0.29, 0.717) is 0 Å². The van der Waals surface area contributed by atoms with Crippen molar-refractivity contribution in [1.82, 2.24) is 0 Å². The minimum Gasteiger partial charge on any atom is -0.311 e. The molecule has 0 fully saturated rings. The third-order valence-corrected chi connectivity index (χ3v) is 13.4. The van der Waals surface area contributed by atoms with Crippen LogP contribution in [0.3, 0.4) is 0 Å². The highest BCUT2D eigenvalue weighted by molar-refractivity contribution is 5.99. The summed E-state index contributed by atoms with van der Waals surface area (Å²) in [7, 11) is 0. The lowest BCUT2D eigenvalue weighted by molar-refractivity contribution is 1.10. The van der Waals surface area contributed by atoms with Gasteiger partial charge in [0.05, 0.1) is 52.8 Å². The summed E-state index contributed by atoms with van der Waals surface area (Å²) in [4.78, 5) is 2.27. The molecule has 12 aromatic carbocycles. The number of rotatable bonds is 15. The molecule has 362 valence electrons. The minimum atomic E-state index is 0.964. The van der Waals surface area contributed by atoms with Gasteiger partial charge in [0.2, 0.25) is 0 Å². The average Bonchev–Trinajstić information content (AvgIpc) is 3.50. The van der Waals surface area contributed by atoms with Crippen LogP contribution in [-0.4, -0.2) is 18.6 Å². The molecular weight excluding hydrogens is 927 g/mol. The Morgan fingerprint density at radius 2 is 0.461 bits per heavy atom. The number of hydrogen-bond donors (Lipinski definition) is 0. The van der Waals surface area contributed by atoms with Crippen LogP contribution < -0.4 is 19.9 Å². The molecule has 0 saturated heterocycles. The molecular formula is C69H51N7. The fourth-order valence-electron chi connectivity index (χ4n) is 9.64.